The number of ether oxygens (including phenoxy) is 1. The van der Waals surface area contributed by atoms with Crippen LogP contribution in [0.5, 0.6) is 0 Å². The second-order valence-corrected chi connectivity index (χ2v) is 4.33. The Bertz CT molecular complexity index is 229. The van der Waals surface area contributed by atoms with E-state index >= 15 is 0 Å². The Labute approximate surface area is 90.1 Å². The van der Waals surface area contributed by atoms with Crippen molar-refractivity contribution in [1.29, 1.82) is 0 Å². The van der Waals surface area contributed by atoms with Crippen molar-refractivity contribution in [2.24, 2.45) is 0 Å². The maximum absolute atomic E-state index is 10.8. The van der Waals surface area contributed by atoms with E-state index in [4.69, 9.17) is 4.74 Å². The third-order valence-electron chi connectivity index (χ3n) is 3.17. The Morgan fingerprint density at radius 2 is 2.20 bits per heavy atom. The number of cyclic esters (lactones) is 1. The molecule has 0 aromatic heterocycles. The minimum absolute atomic E-state index is 0.0254. The van der Waals surface area contributed by atoms with Crippen molar-refractivity contribution in [3.63, 3.8) is 0 Å². The molecule has 5 nitrogen and oxygen atoms in total. The molecular weight excluding hydrogens is 194 g/mol. The van der Waals surface area contributed by atoms with Gasteiger partial charge in [0.05, 0.1) is 6.54 Å². The molecule has 0 saturated carbocycles. The minimum Gasteiger partial charge on any atom is -0.443 e. The normalized spacial score (nSPS) is 27.9. The summed E-state index contributed by atoms with van der Waals surface area (Å²) in [5.74, 6) is 0. The van der Waals surface area contributed by atoms with Gasteiger partial charge in [-0.05, 0) is 33.0 Å². The molecule has 5 heteroatoms. The fourth-order valence-corrected chi connectivity index (χ4v) is 2.25. The van der Waals surface area contributed by atoms with Gasteiger partial charge < -0.3 is 15.4 Å². The summed E-state index contributed by atoms with van der Waals surface area (Å²) in [6.45, 7) is 3.67. The zero-order valence-corrected chi connectivity index (χ0v) is 9.16. The molecule has 0 radical (unpaired) electrons. The van der Waals surface area contributed by atoms with E-state index in [0.717, 1.165) is 19.6 Å². The van der Waals surface area contributed by atoms with E-state index in [0.29, 0.717) is 12.6 Å². The molecule has 2 saturated heterocycles. The first-order valence-electron chi connectivity index (χ1n) is 5.61. The molecule has 0 aromatic rings. The zero-order valence-electron chi connectivity index (χ0n) is 9.16. The van der Waals surface area contributed by atoms with Gasteiger partial charge in [-0.15, -0.1) is 0 Å². The molecule has 15 heavy (non-hydrogen) atoms. The molecule has 1 amide bonds. The van der Waals surface area contributed by atoms with Crippen molar-refractivity contribution in [3.05, 3.63) is 0 Å². The van der Waals surface area contributed by atoms with Crippen LogP contribution in [0.15, 0.2) is 0 Å². The Morgan fingerprint density at radius 1 is 1.47 bits per heavy atom. The van der Waals surface area contributed by atoms with Gasteiger partial charge in [0.2, 0.25) is 0 Å². The van der Waals surface area contributed by atoms with Gasteiger partial charge in [-0.3, -0.25) is 4.90 Å². The number of rotatable bonds is 3. The van der Waals surface area contributed by atoms with E-state index < -0.39 is 0 Å². The van der Waals surface area contributed by atoms with Crippen LogP contribution in [-0.4, -0.2) is 56.4 Å². The number of carbonyl (C=O) groups is 1. The summed E-state index contributed by atoms with van der Waals surface area (Å²) in [5.41, 5.74) is 0. The number of carbonyl (C=O) groups excluding carboxylic acids is 1. The van der Waals surface area contributed by atoms with Gasteiger partial charge in [0.1, 0.15) is 6.10 Å². The van der Waals surface area contributed by atoms with Crippen molar-refractivity contribution in [2.45, 2.75) is 25.0 Å². The summed E-state index contributed by atoms with van der Waals surface area (Å²) in [6.07, 6.45) is 2.12. The number of likely N-dealkylation sites (N-methyl/N-ethyl adjacent to an activating group) is 1. The predicted molar refractivity (Wildman–Crippen MR) is 56.8 cm³/mol. The van der Waals surface area contributed by atoms with E-state index in [1.165, 1.54) is 12.8 Å². The first-order valence-corrected chi connectivity index (χ1v) is 5.61. The quantitative estimate of drug-likeness (QED) is 0.680. The number of alkyl carbamates (subject to hydrolysis) is 1. The molecule has 2 aliphatic rings. The molecule has 1 atom stereocenters. The van der Waals surface area contributed by atoms with Crippen molar-refractivity contribution in [2.75, 3.05) is 33.2 Å². The van der Waals surface area contributed by atoms with Crippen LogP contribution >= 0.6 is 0 Å². The molecule has 2 aliphatic heterocycles. The largest absolute Gasteiger partial charge is 0.443 e. The molecule has 86 valence electrons. The summed E-state index contributed by atoms with van der Waals surface area (Å²) in [4.78, 5) is 13.2. The third kappa shape index (κ3) is 2.82. The molecular formula is C10H19N3O2. The molecule has 2 rings (SSSR count). The van der Waals surface area contributed by atoms with Crippen LogP contribution in [-0.2, 0) is 4.74 Å². The Kier molecular flexibility index (Phi) is 3.43. The van der Waals surface area contributed by atoms with Crippen LogP contribution in [0.3, 0.4) is 0 Å². The lowest BCUT2D eigenvalue weighted by Crippen LogP contribution is -2.44. The summed E-state index contributed by atoms with van der Waals surface area (Å²) in [5, 5.41) is 6.02. The summed E-state index contributed by atoms with van der Waals surface area (Å²) in [7, 11) is 2.11. The lowest BCUT2D eigenvalue weighted by atomic mass is 10.1. The minimum atomic E-state index is -0.279. The highest BCUT2D eigenvalue weighted by Crippen LogP contribution is 2.12. The van der Waals surface area contributed by atoms with Crippen molar-refractivity contribution >= 4 is 6.09 Å². The summed E-state index contributed by atoms with van der Waals surface area (Å²) < 4.78 is 5.12. The van der Waals surface area contributed by atoms with E-state index in [2.05, 4.69) is 22.6 Å². The molecule has 2 heterocycles. The van der Waals surface area contributed by atoms with Gasteiger partial charge in [0, 0.05) is 12.6 Å². The maximum Gasteiger partial charge on any atom is 0.407 e. The van der Waals surface area contributed by atoms with Crippen molar-refractivity contribution in [3.8, 4) is 0 Å². The number of nitrogens with one attached hydrogen (secondary N) is 2. The number of piperidine rings is 1. The van der Waals surface area contributed by atoms with E-state index in [-0.39, 0.29) is 12.2 Å². The highest BCUT2D eigenvalue weighted by molar-refractivity contribution is 5.69. The Balaban J connectivity index is 1.75. The molecule has 2 fully saturated rings. The van der Waals surface area contributed by atoms with Gasteiger partial charge in [-0.25, -0.2) is 4.79 Å². The molecule has 1 unspecified atom stereocenters. The van der Waals surface area contributed by atoms with Crippen molar-refractivity contribution in [1.82, 2.24) is 15.5 Å². The summed E-state index contributed by atoms with van der Waals surface area (Å²) >= 11 is 0. The van der Waals surface area contributed by atoms with E-state index in [1.54, 1.807) is 0 Å². The van der Waals surface area contributed by atoms with Crippen LogP contribution in [0.2, 0.25) is 0 Å². The van der Waals surface area contributed by atoms with Crippen molar-refractivity contribution < 1.29 is 9.53 Å². The van der Waals surface area contributed by atoms with E-state index in [9.17, 15) is 4.79 Å². The number of nitrogens with zero attached hydrogens (tertiary/aromatic N) is 1. The molecule has 0 spiro atoms. The Hall–Kier alpha value is -0.810. The smallest absolute Gasteiger partial charge is 0.407 e. The average Bonchev–Trinajstić information content (AvgIpc) is 2.65. The fourth-order valence-electron chi connectivity index (χ4n) is 2.25. The highest BCUT2D eigenvalue weighted by Gasteiger charge is 2.26. The van der Waals surface area contributed by atoms with Crippen LogP contribution < -0.4 is 10.6 Å². The van der Waals surface area contributed by atoms with Crippen LogP contribution in [0.4, 0.5) is 4.79 Å². The summed E-state index contributed by atoms with van der Waals surface area (Å²) in [6, 6.07) is 0.630. The van der Waals surface area contributed by atoms with Gasteiger partial charge in [0.15, 0.2) is 0 Å². The molecule has 0 aromatic carbocycles. The first-order chi connectivity index (χ1) is 7.25. The van der Waals surface area contributed by atoms with Gasteiger partial charge in [-0.2, -0.15) is 0 Å². The highest BCUT2D eigenvalue weighted by atomic mass is 16.6. The zero-order chi connectivity index (χ0) is 10.7. The maximum atomic E-state index is 10.8. The molecule has 0 aliphatic carbocycles. The SMILES string of the molecule is CN(CC1CNC(=O)O1)C1CCNCC1. The van der Waals surface area contributed by atoms with Crippen LogP contribution in [0, 0.1) is 0 Å². The number of amides is 1. The predicted octanol–water partition coefficient (Wildman–Crippen LogP) is -0.221. The standard InChI is InChI=1S/C10H19N3O2/c1-13(8-2-4-11-5-3-8)7-9-6-12-10(14)15-9/h8-9,11H,2-7H2,1H3,(H,12,14). The van der Waals surface area contributed by atoms with Gasteiger partial charge in [0.25, 0.3) is 0 Å². The molecule has 0 bridgehead atoms. The first kappa shape index (κ1) is 10.7. The average molecular weight is 213 g/mol. The topological polar surface area (TPSA) is 53.6 Å². The lowest BCUT2D eigenvalue weighted by Gasteiger charge is -2.32. The fraction of sp³-hybridized carbons (Fsp3) is 0.900. The molecule has 2 N–H and O–H groups in total. The lowest BCUT2D eigenvalue weighted by molar-refractivity contribution is 0.0948. The van der Waals surface area contributed by atoms with E-state index in [1.807, 2.05) is 0 Å². The monoisotopic (exact) mass is 213 g/mol. The van der Waals surface area contributed by atoms with Gasteiger partial charge >= 0.3 is 6.09 Å². The van der Waals surface area contributed by atoms with Crippen LogP contribution in [0.25, 0.3) is 0 Å². The Morgan fingerprint density at radius 3 is 2.80 bits per heavy atom. The van der Waals surface area contributed by atoms with Crippen LogP contribution in [0.1, 0.15) is 12.8 Å². The second kappa shape index (κ2) is 4.81. The third-order valence-corrected chi connectivity index (χ3v) is 3.17. The number of hydrogen-bond acceptors (Lipinski definition) is 4. The second-order valence-electron chi connectivity index (χ2n) is 4.33. The number of hydrogen-bond donors (Lipinski definition) is 2. The van der Waals surface area contributed by atoms with Gasteiger partial charge in [-0.1, -0.05) is 0 Å².